The van der Waals surface area contributed by atoms with Crippen molar-refractivity contribution in [1.29, 1.82) is 0 Å². The number of fused-ring (bicyclic) bond motifs is 1. The molecule has 19 heavy (non-hydrogen) atoms. The fourth-order valence-electron chi connectivity index (χ4n) is 2.48. The minimum atomic E-state index is 0.0893. The van der Waals surface area contributed by atoms with Gasteiger partial charge in [-0.15, -0.1) is 0 Å². The van der Waals surface area contributed by atoms with E-state index in [1.54, 1.807) is 17.2 Å². The molecule has 3 heterocycles. The average Bonchev–Trinajstić information content (AvgIpc) is 2.68. The normalized spacial score (nSPS) is 20.4. The Hall–Kier alpha value is -2.18. The molecule has 0 spiro atoms. The maximum atomic E-state index is 11.6. The lowest BCUT2D eigenvalue weighted by Crippen LogP contribution is -2.35. The lowest BCUT2D eigenvalue weighted by Gasteiger charge is -2.27. The molecule has 0 aliphatic carbocycles. The topological polar surface area (TPSA) is 75.9 Å². The molecular weight excluding hydrogens is 244 g/mol. The van der Waals surface area contributed by atoms with Crippen LogP contribution in [0.5, 0.6) is 0 Å². The molecule has 7 nitrogen and oxygen atoms in total. The summed E-state index contributed by atoms with van der Waals surface area (Å²) in [5.74, 6) is 0.939. The minimum absolute atomic E-state index is 0.0893. The van der Waals surface area contributed by atoms with E-state index in [4.69, 9.17) is 0 Å². The van der Waals surface area contributed by atoms with Gasteiger partial charge in [-0.3, -0.25) is 9.48 Å². The van der Waals surface area contributed by atoms with Crippen LogP contribution in [0.15, 0.2) is 12.5 Å². The maximum absolute atomic E-state index is 11.6. The van der Waals surface area contributed by atoms with Crippen LogP contribution >= 0.6 is 0 Å². The van der Waals surface area contributed by atoms with Crippen LogP contribution in [-0.2, 0) is 11.8 Å². The van der Waals surface area contributed by atoms with Crippen LogP contribution in [0.2, 0.25) is 0 Å². The number of anilines is 1. The fourth-order valence-corrected chi connectivity index (χ4v) is 2.48. The van der Waals surface area contributed by atoms with Gasteiger partial charge in [-0.1, -0.05) is 0 Å². The second kappa shape index (κ2) is 4.49. The lowest BCUT2D eigenvalue weighted by molar-refractivity contribution is -0.120. The van der Waals surface area contributed by atoms with Crippen molar-refractivity contribution < 1.29 is 4.79 Å². The van der Waals surface area contributed by atoms with Crippen molar-refractivity contribution in [3.63, 3.8) is 0 Å². The lowest BCUT2D eigenvalue weighted by atomic mass is 10.2. The molecule has 1 N–H and O–H groups in total. The molecule has 1 fully saturated rings. The van der Waals surface area contributed by atoms with Gasteiger partial charge in [0.15, 0.2) is 5.65 Å². The Kier molecular flexibility index (Phi) is 2.81. The first kappa shape index (κ1) is 11.9. The molecule has 100 valence electrons. The number of aryl methyl sites for hydroxylation is 1. The third-order valence-electron chi connectivity index (χ3n) is 3.47. The first-order valence-electron chi connectivity index (χ1n) is 6.33. The van der Waals surface area contributed by atoms with Gasteiger partial charge in [0.05, 0.1) is 11.6 Å². The molecule has 1 saturated heterocycles. The van der Waals surface area contributed by atoms with E-state index in [0.717, 1.165) is 23.4 Å². The van der Waals surface area contributed by atoms with Gasteiger partial charge in [0.1, 0.15) is 12.1 Å². The summed E-state index contributed by atoms with van der Waals surface area (Å²) in [6.07, 6.45) is 3.80. The van der Waals surface area contributed by atoms with E-state index in [9.17, 15) is 4.79 Å². The molecule has 0 aromatic carbocycles. The largest absolute Gasteiger partial charge is 0.354 e. The van der Waals surface area contributed by atoms with E-state index in [-0.39, 0.29) is 11.9 Å². The number of carbonyl (C=O) groups excluding carboxylic acids is 1. The molecular formula is C12H16N6O. The summed E-state index contributed by atoms with van der Waals surface area (Å²) < 4.78 is 1.73. The van der Waals surface area contributed by atoms with Crippen LogP contribution in [0.25, 0.3) is 11.0 Å². The molecule has 3 rings (SSSR count). The van der Waals surface area contributed by atoms with Crippen LogP contribution < -0.4 is 10.2 Å². The maximum Gasteiger partial charge on any atom is 0.222 e. The molecule has 0 bridgehead atoms. The highest BCUT2D eigenvalue weighted by atomic mass is 16.1. The van der Waals surface area contributed by atoms with E-state index in [1.165, 1.54) is 0 Å². The van der Waals surface area contributed by atoms with Crippen LogP contribution in [0.4, 0.5) is 5.82 Å². The standard InChI is InChI=1S/C12H16N6O/c1-8-5-10(19)13-3-4-18(8)12-9-6-16-17(2)11(9)14-7-15-12/h6-8H,3-5H2,1-2H3,(H,13,19). The molecule has 1 aliphatic rings. The average molecular weight is 260 g/mol. The smallest absolute Gasteiger partial charge is 0.222 e. The van der Waals surface area contributed by atoms with Gasteiger partial charge in [0.25, 0.3) is 0 Å². The van der Waals surface area contributed by atoms with E-state index < -0.39 is 0 Å². The molecule has 0 saturated carbocycles. The van der Waals surface area contributed by atoms with E-state index in [0.29, 0.717) is 13.0 Å². The Morgan fingerprint density at radius 3 is 3.11 bits per heavy atom. The van der Waals surface area contributed by atoms with E-state index in [2.05, 4.69) is 25.3 Å². The Morgan fingerprint density at radius 2 is 2.26 bits per heavy atom. The van der Waals surface area contributed by atoms with E-state index in [1.807, 2.05) is 14.0 Å². The number of nitrogens with one attached hydrogen (secondary N) is 1. The van der Waals surface area contributed by atoms with E-state index >= 15 is 0 Å². The predicted molar refractivity (Wildman–Crippen MR) is 70.7 cm³/mol. The predicted octanol–water partition coefficient (Wildman–Crippen LogP) is 0.0781. The number of nitrogens with zero attached hydrogens (tertiary/aromatic N) is 5. The quantitative estimate of drug-likeness (QED) is 0.785. The van der Waals surface area contributed by atoms with Gasteiger partial charge in [0, 0.05) is 32.6 Å². The summed E-state index contributed by atoms with van der Waals surface area (Å²) in [5, 5.41) is 8.03. The minimum Gasteiger partial charge on any atom is -0.354 e. The Morgan fingerprint density at radius 1 is 1.42 bits per heavy atom. The molecule has 1 atom stereocenters. The van der Waals surface area contributed by atoms with Crippen molar-refractivity contribution in [1.82, 2.24) is 25.1 Å². The Balaban J connectivity index is 2.05. The fraction of sp³-hybridized carbons (Fsp3) is 0.500. The highest BCUT2D eigenvalue weighted by Gasteiger charge is 2.24. The Labute approximate surface area is 110 Å². The summed E-state index contributed by atoms with van der Waals surface area (Å²) in [5.41, 5.74) is 0.806. The van der Waals surface area contributed by atoms with Crippen LogP contribution in [0, 0.1) is 0 Å². The van der Waals surface area contributed by atoms with Crippen LogP contribution in [-0.4, -0.2) is 44.8 Å². The molecule has 1 amide bonds. The second-order valence-corrected chi connectivity index (χ2v) is 4.80. The van der Waals surface area contributed by atoms with Crippen LogP contribution in [0.3, 0.4) is 0 Å². The second-order valence-electron chi connectivity index (χ2n) is 4.80. The summed E-state index contributed by atoms with van der Waals surface area (Å²) in [7, 11) is 1.86. The number of aromatic nitrogens is 4. The van der Waals surface area contributed by atoms with Gasteiger partial charge >= 0.3 is 0 Å². The zero-order valence-electron chi connectivity index (χ0n) is 11.0. The molecule has 0 radical (unpaired) electrons. The summed E-state index contributed by atoms with van der Waals surface area (Å²) in [6, 6.07) is 0.112. The zero-order valence-corrected chi connectivity index (χ0v) is 11.0. The van der Waals surface area contributed by atoms with Crippen molar-refractivity contribution in [3.05, 3.63) is 12.5 Å². The summed E-state index contributed by atoms with van der Waals surface area (Å²) in [6.45, 7) is 3.41. The number of carbonyl (C=O) groups is 1. The van der Waals surface area contributed by atoms with Gasteiger partial charge in [-0.25, -0.2) is 9.97 Å². The first-order valence-corrected chi connectivity index (χ1v) is 6.33. The van der Waals surface area contributed by atoms with Gasteiger partial charge < -0.3 is 10.2 Å². The molecule has 2 aromatic heterocycles. The highest BCUT2D eigenvalue weighted by molar-refractivity contribution is 5.87. The number of hydrogen-bond acceptors (Lipinski definition) is 5. The van der Waals surface area contributed by atoms with Gasteiger partial charge in [-0.2, -0.15) is 5.10 Å². The molecule has 1 unspecified atom stereocenters. The number of rotatable bonds is 1. The highest BCUT2D eigenvalue weighted by Crippen LogP contribution is 2.25. The monoisotopic (exact) mass is 260 g/mol. The Bertz CT molecular complexity index is 622. The first-order chi connectivity index (χ1) is 9.16. The van der Waals surface area contributed by atoms with Gasteiger partial charge in [-0.05, 0) is 6.92 Å². The molecule has 1 aliphatic heterocycles. The number of amides is 1. The van der Waals surface area contributed by atoms with Crippen molar-refractivity contribution in [2.45, 2.75) is 19.4 Å². The number of hydrogen-bond donors (Lipinski definition) is 1. The van der Waals surface area contributed by atoms with Crippen molar-refractivity contribution in [2.24, 2.45) is 7.05 Å². The molecule has 2 aromatic rings. The third-order valence-corrected chi connectivity index (χ3v) is 3.47. The van der Waals surface area contributed by atoms with Gasteiger partial charge in [0.2, 0.25) is 5.91 Å². The van der Waals surface area contributed by atoms with Crippen molar-refractivity contribution in [3.8, 4) is 0 Å². The summed E-state index contributed by atoms with van der Waals surface area (Å²) in [4.78, 5) is 22.3. The zero-order chi connectivity index (χ0) is 13.4. The SMILES string of the molecule is CC1CC(=O)NCCN1c1ncnc2c1cnn2C. The third kappa shape index (κ3) is 2.00. The van der Waals surface area contributed by atoms with Crippen LogP contribution in [0.1, 0.15) is 13.3 Å². The van der Waals surface area contributed by atoms with Crippen molar-refractivity contribution >= 4 is 22.8 Å². The molecule has 7 heteroatoms. The van der Waals surface area contributed by atoms with Crippen molar-refractivity contribution in [2.75, 3.05) is 18.0 Å². The summed E-state index contributed by atoms with van der Waals surface area (Å²) >= 11 is 0.